The van der Waals surface area contributed by atoms with E-state index in [2.05, 4.69) is 54.0 Å². The van der Waals surface area contributed by atoms with Crippen molar-refractivity contribution in [1.29, 1.82) is 0 Å². The van der Waals surface area contributed by atoms with Crippen molar-refractivity contribution < 1.29 is 0 Å². The predicted molar refractivity (Wildman–Crippen MR) is 71.6 cm³/mol. The zero-order valence-corrected chi connectivity index (χ0v) is 11.7. The van der Waals surface area contributed by atoms with Crippen LogP contribution in [0.15, 0.2) is 28.7 Å². The van der Waals surface area contributed by atoms with Gasteiger partial charge in [-0.15, -0.1) is 11.6 Å². The van der Waals surface area contributed by atoms with Crippen LogP contribution in [0.5, 0.6) is 0 Å². The Hall–Kier alpha value is -0.0100. The standard InChI is InChI=1S/C13H18BrCl/c1-10(2)9-13(15)8-5-11-3-6-12(14)7-4-11/h3-4,6-7,10,13H,5,8-9H2,1-2H3. The van der Waals surface area contributed by atoms with Crippen LogP contribution in [0.4, 0.5) is 0 Å². The van der Waals surface area contributed by atoms with E-state index >= 15 is 0 Å². The van der Waals surface area contributed by atoms with E-state index in [4.69, 9.17) is 11.6 Å². The maximum Gasteiger partial charge on any atom is 0.0341 e. The van der Waals surface area contributed by atoms with Crippen LogP contribution in [-0.2, 0) is 6.42 Å². The number of hydrogen-bond acceptors (Lipinski definition) is 0. The summed E-state index contributed by atoms with van der Waals surface area (Å²) >= 11 is 9.68. The molecule has 0 bridgehead atoms. The van der Waals surface area contributed by atoms with Crippen molar-refractivity contribution in [3.63, 3.8) is 0 Å². The van der Waals surface area contributed by atoms with Gasteiger partial charge in [-0.05, 0) is 42.9 Å². The molecule has 0 amide bonds. The van der Waals surface area contributed by atoms with Crippen LogP contribution in [0, 0.1) is 5.92 Å². The number of halogens is 2. The molecule has 0 aliphatic heterocycles. The number of rotatable bonds is 5. The first-order valence-corrected chi connectivity index (χ1v) is 6.69. The van der Waals surface area contributed by atoms with E-state index in [1.807, 2.05) is 0 Å². The average molecular weight is 290 g/mol. The minimum Gasteiger partial charge on any atom is -0.123 e. The van der Waals surface area contributed by atoms with Gasteiger partial charge < -0.3 is 0 Å². The molecule has 0 spiro atoms. The molecule has 1 aromatic carbocycles. The second-order valence-electron chi connectivity index (χ2n) is 4.39. The largest absolute Gasteiger partial charge is 0.123 e. The highest BCUT2D eigenvalue weighted by molar-refractivity contribution is 9.10. The van der Waals surface area contributed by atoms with E-state index in [1.165, 1.54) is 5.56 Å². The van der Waals surface area contributed by atoms with Crippen LogP contribution >= 0.6 is 27.5 Å². The van der Waals surface area contributed by atoms with Gasteiger partial charge in [0.15, 0.2) is 0 Å². The number of alkyl halides is 1. The Bertz CT molecular complexity index is 279. The van der Waals surface area contributed by atoms with E-state index in [0.717, 1.165) is 23.7 Å². The minimum atomic E-state index is 0.314. The first-order valence-electron chi connectivity index (χ1n) is 5.46. The zero-order chi connectivity index (χ0) is 11.3. The number of aryl methyl sites for hydroxylation is 1. The maximum atomic E-state index is 6.25. The van der Waals surface area contributed by atoms with Gasteiger partial charge in [-0.25, -0.2) is 0 Å². The molecule has 0 aliphatic carbocycles. The summed E-state index contributed by atoms with van der Waals surface area (Å²) in [5.74, 6) is 0.692. The van der Waals surface area contributed by atoms with Crippen molar-refractivity contribution in [3.8, 4) is 0 Å². The Morgan fingerprint density at radius 2 is 1.80 bits per heavy atom. The number of benzene rings is 1. The Kier molecular flexibility index (Phi) is 5.70. The molecule has 0 aromatic heterocycles. The van der Waals surface area contributed by atoms with Crippen LogP contribution in [0.2, 0.25) is 0 Å². The molecule has 0 radical (unpaired) electrons. The van der Waals surface area contributed by atoms with Gasteiger partial charge in [0.2, 0.25) is 0 Å². The van der Waals surface area contributed by atoms with Crippen molar-refractivity contribution in [1.82, 2.24) is 0 Å². The van der Waals surface area contributed by atoms with E-state index in [1.54, 1.807) is 0 Å². The van der Waals surface area contributed by atoms with Crippen LogP contribution < -0.4 is 0 Å². The molecule has 1 rings (SSSR count). The van der Waals surface area contributed by atoms with Gasteiger partial charge >= 0.3 is 0 Å². The molecule has 1 unspecified atom stereocenters. The Morgan fingerprint density at radius 1 is 1.20 bits per heavy atom. The van der Waals surface area contributed by atoms with Crippen molar-refractivity contribution in [2.24, 2.45) is 5.92 Å². The summed E-state index contributed by atoms with van der Waals surface area (Å²) in [6.45, 7) is 4.43. The van der Waals surface area contributed by atoms with Crippen LogP contribution in [0.1, 0.15) is 32.3 Å². The molecule has 2 heteroatoms. The second kappa shape index (κ2) is 6.55. The van der Waals surface area contributed by atoms with Crippen LogP contribution in [-0.4, -0.2) is 5.38 Å². The molecule has 1 aromatic rings. The molecular formula is C13H18BrCl. The Morgan fingerprint density at radius 3 is 2.33 bits per heavy atom. The molecule has 1 atom stereocenters. The monoisotopic (exact) mass is 288 g/mol. The van der Waals surface area contributed by atoms with Gasteiger partial charge in [0.1, 0.15) is 0 Å². The summed E-state index contributed by atoms with van der Waals surface area (Å²) < 4.78 is 1.14. The molecule has 0 saturated carbocycles. The third kappa shape index (κ3) is 5.58. The fraction of sp³-hybridized carbons (Fsp3) is 0.538. The molecule has 0 N–H and O–H groups in total. The third-order valence-corrected chi connectivity index (χ3v) is 3.31. The first kappa shape index (κ1) is 13.1. The van der Waals surface area contributed by atoms with Crippen LogP contribution in [0.3, 0.4) is 0 Å². The first-order chi connectivity index (χ1) is 7.08. The average Bonchev–Trinajstić information content (AvgIpc) is 2.16. The molecule has 0 fully saturated rings. The van der Waals surface area contributed by atoms with E-state index in [0.29, 0.717) is 11.3 Å². The number of hydrogen-bond donors (Lipinski definition) is 0. The topological polar surface area (TPSA) is 0 Å². The van der Waals surface area contributed by atoms with Crippen molar-refractivity contribution in [2.75, 3.05) is 0 Å². The van der Waals surface area contributed by atoms with Crippen LogP contribution in [0.25, 0.3) is 0 Å². The fourth-order valence-corrected chi connectivity index (χ4v) is 2.33. The van der Waals surface area contributed by atoms with Gasteiger partial charge in [0.05, 0.1) is 0 Å². The molecular weight excluding hydrogens is 272 g/mol. The van der Waals surface area contributed by atoms with Crippen molar-refractivity contribution in [3.05, 3.63) is 34.3 Å². The molecule has 0 heterocycles. The van der Waals surface area contributed by atoms with Gasteiger partial charge in [-0.3, -0.25) is 0 Å². The molecule has 0 nitrogen and oxygen atoms in total. The van der Waals surface area contributed by atoms with Gasteiger partial charge in [0.25, 0.3) is 0 Å². The van der Waals surface area contributed by atoms with Crippen molar-refractivity contribution >= 4 is 27.5 Å². The normalized spacial score (nSPS) is 13.1. The van der Waals surface area contributed by atoms with Gasteiger partial charge in [-0.1, -0.05) is 41.9 Å². The Balaban J connectivity index is 2.33. The highest BCUT2D eigenvalue weighted by Gasteiger charge is 2.07. The quantitative estimate of drug-likeness (QED) is 0.667. The highest BCUT2D eigenvalue weighted by atomic mass is 79.9. The summed E-state index contributed by atoms with van der Waals surface area (Å²) in [5.41, 5.74) is 1.37. The molecule has 84 valence electrons. The molecule has 0 saturated heterocycles. The fourth-order valence-electron chi connectivity index (χ4n) is 1.60. The smallest absolute Gasteiger partial charge is 0.0341 e. The predicted octanol–water partition coefficient (Wildman–Crippen LogP) is 5.04. The maximum absolute atomic E-state index is 6.25. The lowest BCUT2D eigenvalue weighted by Gasteiger charge is -2.11. The third-order valence-electron chi connectivity index (χ3n) is 2.39. The second-order valence-corrected chi connectivity index (χ2v) is 5.92. The lowest BCUT2D eigenvalue weighted by molar-refractivity contribution is 0.544. The lowest BCUT2D eigenvalue weighted by Crippen LogP contribution is -2.04. The highest BCUT2D eigenvalue weighted by Crippen LogP contribution is 2.18. The van der Waals surface area contributed by atoms with E-state index < -0.39 is 0 Å². The van der Waals surface area contributed by atoms with Gasteiger partial charge in [-0.2, -0.15) is 0 Å². The summed E-state index contributed by atoms with van der Waals surface area (Å²) in [4.78, 5) is 0. The Labute approximate surface area is 106 Å². The molecule has 0 aliphatic rings. The van der Waals surface area contributed by atoms with Gasteiger partial charge in [0, 0.05) is 9.85 Å². The lowest BCUT2D eigenvalue weighted by atomic mass is 10.0. The van der Waals surface area contributed by atoms with Crippen molar-refractivity contribution in [2.45, 2.75) is 38.5 Å². The summed E-state index contributed by atoms with van der Waals surface area (Å²) in [6, 6.07) is 8.48. The molecule has 15 heavy (non-hydrogen) atoms. The summed E-state index contributed by atoms with van der Waals surface area (Å²) in [6.07, 6.45) is 3.26. The van der Waals surface area contributed by atoms with E-state index in [9.17, 15) is 0 Å². The minimum absolute atomic E-state index is 0.314. The SMILES string of the molecule is CC(C)CC(Cl)CCc1ccc(Br)cc1. The van der Waals surface area contributed by atoms with E-state index in [-0.39, 0.29) is 0 Å². The zero-order valence-electron chi connectivity index (χ0n) is 9.34. The summed E-state index contributed by atoms with van der Waals surface area (Å²) in [5, 5.41) is 0.314. The summed E-state index contributed by atoms with van der Waals surface area (Å²) in [7, 11) is 0.